The van der Waals surface area contributed by atoms with Gasteiger partial charge >= 0.3 is 0 Å². The Morgan fingerprint density at radius 3 is 2.54 bits per heavy atom. The third kappa shape index (κ3) is 4.35. The van der Waals surface area contributed by atoms with E-state index in [0.29, 0.717) is 0 Å². The summed E-state index contributed by atoms with van der Waals surface area (Å²) in [5, 5.41) is 2.48. The van der Waals surface area contributed by atoms with Crippen molar-refractivity contribution in [3.8, 4) is 5.75 Å². The molecule has 0 atom stereocenters. The van der Waals surface area contributed by atoms with Crippen molar-refractivity contribution >= 4 is 10.8 Å². The van der Waals surface area contributed by atoms with Gasteiger partial charge in [-0.2, -0.15) is 0 Å². The van der Waals surface area contributed by atoms with Gasteiger partial charge in [0.05, 0.1) is 12.3 Å². The van der Waals surface area contributed by atoms with Crippen molar-refractivity contribution in [2.75, 3.05) is 6.61 Å². The maximum atomic E-state index is 5.81. The number of pyridine rings is 1. The lowest BCUT2D eigenvalue weighted by molar-refractivity contribution is 0.305. The van der Waals surface area contributed by atoms with Gasteiger partial charge in [0.1, 0.15) is 5.75 Å². The van der Waals surface area contributed by atoms with E-state index in [9.17, 15) is 0 Å². The van der Waals surface area contributed by atoms with Crippen LogP contribution in [-0.4, -0.2) is 11.6 Å². The van der Waals surface area contributed by atoms with E-state index in [1.165, 1.54) is 35.6 Å². The highest BCUT2D eigenvalue weighted by molar-refractivity contribution is 5.84. The lowest BCUT2D eigenvalue weighted by atomic mass is 10.0. The molecule has 2 heteroatoms. The van der Waals surface area contributed by atoms with E-state index in [-0.39, 0.29) is 0 Å². The summed E-state index contributed by atoms with van der Waals surface area (Å²) in [6.45, 7) is 3.04. The number of rotatable bonds is 8. The van der Waals surface area contributed by atoms with Crippen LogP contribution in [0, 0.1) is 0 Å². The Balaban J connectivity index is 1.61. The van der Waals surface area contributed by atoms with Crippen LogP contribution in [0.1, 0.15) is 43.9 Å². The summed E-state index contributed by atoms with van der Waals surface area (Å²) in [4.78, 5) is 4.57. The fourth-order valence-electron chi connectivity index (χ4n) is 2.94. The van der Waals surface area contributed by atoms with Crippen molar-refractivity contribution in [3.05, 3.63) is 72.1 Å². The number of fused-ring (bicyclic) bond motifs is 1. The maximum Gasteiger partial charge on any atom is 0.119 e. The normalized spacial score (nSPS) is 10.9. The number of nitrogens with zero attached hydrogens (tertiary/aromatic N) is 1. The SMILES string of the molecule is CCCCCCOc1ccc(Cc2nccc3ccccc23)cc1. The van der Waals surface area contributed by atoms with Gasteiger partial charge in [-0.25, -0.2) is 0 Å². The summed E-state index contributed by atoms with van der Waals surface area (Å²) >= 11 is 0. The van der Waals surface area contributed by atoms with Crippen molar-refractivity contribution in [1.29, 1.82) is 0 Å². The molecule has 0 aliphatic carbocycles. The zero-order valence-electron chi connectivity index (χ0n) is 14.4. The Labute approximate surface area is 144 Å². The second kappa shape index (κ2) is 8.49. The van der Waals surface area contributed by atoms with Gasteiger partial charge in [0, 0.05) is 18.0 Å². The lowest BCUT2D eigenvalue weighted by Gasteiger charge is -2.08. The number of hydrogen-bond donors (Lipinski definition) is 0. The summed E-state index contributed by atoms with van der Waals surface area (Å²) in [6, 6.07) is 18.9. The van der Waals surface area contributed by atoms with Crippen molar-refractivity contribution in [2.24, 2.45) is 0 Å². The molecule has 0 saturated heterocycles. The van der Waals surface area contributed by atoms with Crippen LogP contribution >= 0.6 is 0 Å². The molecule has 0 fully saturated rings. The second-order valence-electron chi connectivity index (χ2n) is 6.21. The van der Waals surface area contributed by atoms with Gasteiger partial charge in [-0.05, 0) is 35.6 Å². The monoisotopic (exact) mass is 319 g/mol. The van der Waals surface area contributed by atoms with Gasteiger partial charge in [-0.1, -0.05) is 62.6 Å². The van der Waals surface area contributed by atoms with Crippen LogP contribution in [0.15, 0.2) is 60.8 Å². The number of ether oxygens (including phenoxy) is 1. The van der Waals surface area contributed by atoms with Gasteiger partial charge in [0.2, 0.25) is 0 Å². The van der Waals surface area contributed by atoms with Crippen LogP contribution in [0.3, 0.4) is 0 Å². The molecule has 2 nitrogen and oxygen atoms in total. The molecule has 0 amide bonds. The molecule has 0 aliphatic rings. The minimum absolute atomic E-state index is 0.810. The zero-order chi connectivity index (χ0) is 16.6. The Morgan fingerprint density at radius 2 is 1.71 bits per heavy atom. The smallest absolute Gasteiger partial charge is 0.119 e. The van der Waals surface area contributed by atoms with E-state index in [4.69, 9.17) is 4.74 Å². The summed E-state index contributed by atoms with van der Waals surface area (Å²) < 4.78 is 5.81. The molecule has 0 N–H and O–H groups in total. The van der Waals surface area contributed by atoms with Gasteiger partial charge in [-0.15, -0.1) is 0 Å². The fourth-order valence-corrected chi connectivity index (χ4v) is 2.94. The first-order valence-corrected chi connectivity index (χ1v) is 8.91. The summed E-state index contributed by atoms with van der Waals surface area (Å²) in [7, 11) is 0. The Bertz CT molecular complexity index is 759. The average molecular weight is 319 g/mol. The van der Waals surface area contributed by atoms with Crippen LogP contribution in [0.5, 0.6) is 5.75 Å². The first-order valence-electron chi connectivity index (χ1n) is 8.91. The Hall–Kier alpha value is -2.35. The molecule has 3 aromatic rings. The molecule has 1 heterocycles. The highest BCUT2D eigenvalue weighted by Gasteiger charge is 2.04. The molecule has 24 heavy (non-hydrogen) atoms. The Kier molecular flexibility index (Phi) is 5.84. The molecular formula is C22H25NO. The third-order valence-corrected chi connectivity index (χ3v) is 4.32. The summed E-state index contributed by atoms with van der Waals surface area (Å²) in [5.74, 6) is 0.959. The molecule has 0 unspecified atom stereocenters. The average Bonchev–Trinajstić information content (AvgIpc) is 2.63. The van der Waals surface area contributed by atoms with Crippen molar-refractivity contribution < 1.29 is 4.74 Å². The van der Waals surface area contributed by atoms with Gasteiger partial charge in [-0.3, -0.25) is 4.98 Å². The van der Waals surface area contributed by atoms with Crippen LogP contribution in [0.2, 0.25) is 0 Å². The highest BCUT2D eigenvalue weighted by Crippen LogP contribution is 2.20. The maximum absolute atomic E-state index is 5.81. The van der Waals surface area contributed by atoms with Crippen molar-refractivity contribution in [1.82, 2.24) is 4.98 Å². The molecule has 3 rings (SSSR count). The van der Waals surface area contributed by atoms with E-state index in [1.807, 2.05) is 6.20 Å². The molecule has 0 spiro atoms. The number of aromatic nitrogens is 1. The van der Waals surface area contributed by atoms with E-state index >= 15 is 0 Å². The molecule has 0 aliphatic heterocycles. The van der Waals surface area contributed by atoms with E-state index in [0.717, 1.165) is 30.9 Å². The molecule has 1 aromatic heterocycles. The van der Waals surface area contributed by atoms with Gasteiger partial charge < -0.3 is 4.74 Å². The molecular weight excluding hydrogens is 294 g/mol. The summed E-state index contributed by atoms with van der Waals surface area (Å²) in [5.41, 5.74) is 2.39. The van der Waals surface area contributed by atoms with E-state index < -0.39 is 0 Å². The molecule has 0 radical (unpaired) electrons. The van der Waals surface area contributed by atoms with E-state index in [2.05, 4.69) is 66.5 Å². The second-order valence-corrected chi connectivity index (χ2v) is 6.21. The van der Waals surface area contributed by atoms with E-state index in [1.54, 1.807) is 0 Å². The number of unbranched alkanes of at least 4 members (excludes halogenated alkanes) is 3. The largest absolute Gasteiger partial charge is 0.494 e. The van der Waals surface area contributed by atoms with Gasteiger partial charge in [0.15, 0.2) is 0 Å². The highest BCUT2D eigenvalue weighted by atomic mass is 16.5. The predicted octanol–water partition coefficient (Wildman–Crippen LogP) is 5.78. The topological polar surface area (TPSA) is 22.1 Å². The molecule has 124 valence electrons. The third-order valence-electron chi connectivity index (χ3n) is 4.32. The van der Waals surface area contributed by atoms with Crippen LogP contribution in [0.25, 0.3) is 10.8 Å². The predicted molar refractivity (Wildman–Crippen MR) is 101 cm³/mol. The number of hydrogen-bond acceptors (Lipinski definition) is 2. The summed E-state index contributed by atoms with van der Waals surface area (Å²) in [6.07, 6.45) is 7.68. The van der Waals surface area contributed by atoms with Crippen LogP contribution in [-0.2, 0) is 6.42 Å². The number of benzene rings is 2. The molecule has 2 aromatic carbocycles. The van der Waals surface area contributed by atoms with Crippen molar-refractivity contribution in [3.63, 3.8) is 0 Å². The standard InChI is InChI=1S/C22H25NO/c1-2-3-4-7-16-24-20-12-10-18(11-13-20)17-22-21-9-6-5-8-19(21)14-15-23-22/h5-6,8-15H,2-4,7,16-17H2,1H3. The first-order chi connectivity index (χ1) is 11.9. The van der Waals surface area contributed by atoms with Gasteiger partial charge in [0.25, 0.3) is 0 Å². The first kappa shape index (κ1) is 16.5. The fraction of sp³-hybridized carbons (Fsp3) is 0.318. The van der Waals surface area contributed by atoms with Crippen LogP contribution < -0.4 is 4.74 Å². The molecule has 0 bridgehead atoms. The zero-order valence-corrected chi connectivity index (χ0v) is 14.4. The molecule has 0 saturated carbocycles. The quantitative estimate of drug-likeness (QED) is 0.491. The van der Waals surface area contributed by atoms with Crippen molar-refractivity contribution in [2.45, 2.75) is 39.0 Å². The van der Waals surface area contributed by atoms with Crippen LogP contribution in [0.4, 0.5) is 0 Å². The minimum atomic E-state index is 0.810. The Morgan fingerprint density at radius 1 is 0.875 bits per heavy atom. The minimum Gasteiger partial charge on any atom is -0.494 e. The lowest BCUT2D eigenvalue weighted by Crippen LogP contribution is -1.98.